The van der Waals surface area contributed by atoms with Crippen molar-refractivity contribution in [3.05, 3.63) is 23.3 Å². The van der Waals surface area contributed by atoms with Gasteiger partial charge in [-0.05, 0) is 0 Å². The lowest BCUT2D eigenvalue weighted by Crippen LogP contribution is -2.10. The normalized spacial score (nSPS) is 9.87. The summed E-state index contributed by atoms with van der Waals surface area (Å²) in [7, 11) is 2.16. The van der Waals surface area contributed by atoms with Crippen LogP contribution >= 0.6 is 0 Å². The van der Waals surface area contributed by atoms with Crippen LogP contribution < -0.4 is 10.5 Å². The molecule has 0 saturated carbocycles. The molecule has 0 atom stereocenters. The molecule has 0 fully saturated rings. The Morgan fingerprint density at radius 2 is 2.00 bits per heavy atom. The summed E-state index contributed by atoms with van der Waals surface area (Å²) in [5, 5.41) is 0. The summed E-state index contributed by atoms with van der Waals surface area (Å²) < 4.78 is 35.5. The number of carbonyl (C=O) groups is 1. The highest BCUT2D eigenvalue weighted by Gasteiger charge is 2.24. The van der Waals surface area contributed by atoms with E-state index in [-0.39, 0.29) is 0 Å². The topological polar surface area (TPSA) is 61.5 Å². The van der Waals surface area contributed by atoms with Crippen molar-refractivity contribution >= 4 is 11.7 Å². The molecule has 0 heterocycles. The zero-order valence-electron chi connectivity index (χ0n) is 8.14. The minimum atomic E-state index is -1.06. The van der Waals surface area contributed by atoms with Gasteiger partial charge in [-0.1, -0.05) is 0 Å². The molecular formula is C9H9F2NO3. The van der Waals surface area contributed by atoms with Crippen molar-refractivity contribution in [1.29, 1.82) is 0 Å². The first-order chi connectivity index (χ1) is 7.02. The number of esters is 1. The molecule has 0 amide bonds. The fourth-order valence-electron chi connectivity index (χ4n) is 1.11. The smallest absolute Gasteiger partial charge is 0.344 e. The first-order valence-electron chi connectivity index (χ1n) is 3.92. The van der Waals surface area contributed by atoms with E-state index in [0.717, 1.165) is 20.3 Å². The molecule has 0 unspecified atom stereocenters. The lowest BCUT2D eigenvalue weighted by molar-refractivity contribution is 0.0590. The number of methoxy groups -OCH3 is 2. The molecule has 0 spiro atoms. The molecule has 0 bridgehead atoms. The Morgan fingerprint density at radius 1 is 1.40 bits per heavy atom. The Bertz CT molecular complexity index is 407. The van der Waals surface area contributed by atoms with Crippen LogP contribution in [0.4, 0.5) is 14.5 Å². The van der Waals surface area contributed by atoms with Crippen LogP contribution in [0.1, 0.15) is 10.4 Å². The fourth-order valence-corrected chi connectivity index (χ4v) is 1.11. The summed E-state index contributed by atoms with van der Waals surface area (Å²) in [5.41, 5.74) is 4.04. The van der Waals surface area contributed by atoms with Gasteiger partial charge in [0.25, 0.3) is 0 Å². The molecular weight excluding hydrogens is 208 g/mol. The van der Waals surface area contributed by atoms with Crippen LogP contribution in [0.3, 0.4) is 0 Å². The van der Waals surface area contributed by atoms with E-state index in [1.807, 2.05) is 0 Å². The first-order valence-corrected chi connectivity index (χ1v) is 3.92. The maximum Gasteiger partial charge on any atom is 0.344 e. The van der Waals surface area contributed by atoms with Gasteiger partial charge in [0.15, 0.2) is 17.4 Å². The van der Waals surface area contributed by atoms with Crippen molar-refractivity contribution in [2.75, 3.05) is 20.0 Å². The minimum absolute atomic E-state index is 0.478. The number of carbonyl (C=O) groups excluding carboxylic acids is 1. The zero-order valence-corrected chi connectivity index (χ0v) is 8.14. The van der Waals surface area contributed by atoms with Crippen LogP contribution in [-0.4, -0.2) is 20.2 Å². The number of nitrogen functional groups attached to an aromatic ring is 1. The average Bonchev–Trinajstić information content (AvgIpc) is 2.21. The Balaban J connectivity index is 3.50. The minimum Gasteiger partial charge on any atom is -0.493 e. The quantitative estimate of drug-likeness (QED) is 0.599. The van der Waals surface area contributed by atoms with Crippen molar-refractivity contribution in [2.24, 2.45) is 0 Å². The van der Waals surface area contributed by atoms with Crippen LogP contribution in [0.15, 0.2) is 6.07 Å². The number of ether oxygens (including phenoxy) is 2. The third kappa shape index (κ3) is 1.83. The monoisotopic (exact) mass is 217 g/mol. The Kier molecular flexibility index (Phi) is 3.08. The molecule has 4 nitrogen and oxygen atoms in total. The van der Waals surface area contributed by atoms with Gasteiger partial charge in [-0.2, -0.15) is 0 Å². The summed E-state index contributed by atoms with van der Waals surface area (Å²) in [6.07, 6.45) is 0. The molecule has 0 radical (unpaired) electrons. The highest BCUT2D eigenvalue weighted by molar-refractivity contribution is 5.94. The van der Waals surface area contributed by atoms with Crippen molar-refractivity contribution in [3.63, 3.8) is 0 Å². The van der Waals surface area contributed by atoms with E-state index in [2.05, 4.69) is 9.47 Å². The molecule has 6 heteroatoms. The van der Waals surface area contributed by atoms with E-state index in [9.17, 15) is 13.6 Å². The molecule has 0 aliphatic carbocycles. The lowest BCUT2D eigenvalue weighted by Gasteiger charge is -2.10. The number of nitrogens with two attached hydrogens (primary N) is 1. The maximum atomic E-state index is 13.4. The molecule has 0 aliphatic rings. The van der Waals surface area contributed by atoms with Gasteiger partial charge < -0.3 is 15.2 Å². The predicted molar refractivity (Wildman–Crippen MR) is 48.7 cm³/mol. The number of anilines is 1. The second-order valence-electron chi connectivity index (χ2n) is 2.66. The Labute approximate surface area is 84.6 Å². The number of hydrogen-bond acceptors (Lipinski definition) is 4. The molecule has 2 N–H and O–H groups in total. The molecule has 1 aromatic rings. The van der Waals surface area contributed by atoms with Crippen LogP contribution in [-0.2, 0) is 4.74 Å². The van der Waals surface area contributed by atoms with E-state index < -0.39 is 34.6 Å². The number of hydrogen-bond donors (Lipinski definition) is 1. The number of rotatable bonds is 2. The number of benzene rings is 1. The summed E-state index contributed by atoms with van der Waals surface area (Å²) in [6.45, 7) is 0. The lowest BCUT2D eigenvalue weighted by atomic mass is 10.1. The van der Waals surface area contributed by atoms with Gasteiger partial charge in [0, 0.05) is 6.07 Å². The van der Waals surface area contributed by atoms with Crippen molar-refractivity contribution in [1.82, 2.24) is 0 Å². The first kappa shape index (κ1) is 11.2. The standard InChI is InChI=1S/C9H9F2NO3/c1-14-8-4(10)3-5(12)7(11)6(8)9(13)15-2/h3H,12H2,1-2H3. The van der Waals surface area contributed by atoms with Gasteiger partial charge in [0.05, 0.1) is 19.9 Å². The average molecular weight is 217 g/mol. The van der Waals surface area contributed by atoms with Gasteiger partial charge in [-0.3, -0.25) is 0 Å². The molecule has 1 aromatic carbocycles. The van der Waals surface area contributed by atoms with Gasteiger partial charge in [-0.15, -0.1) is 0 Å². The van der Waals surface area contributed by atoms with Crippen molar-refractivity contribution < 1.29 is 23.0 Å². The van der Waals surface area contributed by atoms with E-state index in [1.165, 1.54) is 0 Å². The van der Waals surface area contributed by atoms with E-state index in [0.29, 0.717) is 0 Å². The Hall–Kier alpha value is -1.85. The highest BCUT2D eigenvalue weighted by Crippen LogP contribution is 2.29. The Morgan fingerprint density at radius 3 is 2.47 bits per heavy atom. The van der Waals surface area contributed by atoms with E-state index >= 15 is 0 Å². The summed E-state index contributed by atoms with van der Waals surface area (Å²) in [6, 6.07) is 0.737. The molecule has 1 rings (SSSR count). The second kappa shape index (κ2) is 4.12. The molecule has 0 aliphatic heterocycles. The summed E-state index contributed by atoms with van der Waals surface area (Å²) >= 11 is 0. The zero-order chi connectivity index (χ0) is 11.6. The fraction of sp³-hybridized carbons (Fsp3) is 0.222. The third-order valence-electron chi connectivity index (χ3n) is 1.79. The summed E-state index contributed by atoms with van der Waals surface area (Å²) in [5.74, 6) is -3.54. The second-order valence-corrected chi connectivity index (χ2v) is 2.66. The predicted octanol–water partition coefficient (Wildman–Crippen LogP) is 1.34. The maximum absolute atomic E-state index is 13.4. The molecule has 0 saturated heterocycles. The van der Waals surface area contributed by atoms with Gasteiger partial charge in [0.2, 0.25) is 0 Å². The van der Waals surface area contributed by atoms with Gasteiger partial charge in [-0.25, -0.2) is 13.6 Å². The largest absolute Gasteiger partial charge is 0.493 e. The van der Waals surface area contributed by atoms with Crippen LogP contribution in [0.5, 0.6) is 5.75 Å². The third-order valence-corrected chi connectivity index (χ3v) is 1.79. The van der Waals surface area contributed by atoms with E-state index in [4.69, 9.17) is 5.73 Å². The van der Waals surface area contributed by atoms with Gasteiger partial charge >= 0.3 is 5.97 Å². The SMILES string of the molecule is COC(=O)c1c(F)c(N)cc(F)c1OC. The van der Waals surface area contributed by atoms with Gasteiger partial charge in [0.1, 0.15) is 5.56 Å². The highest BCUT2D eigenvalue weighted by atomic mass is 19.1. The van der Waals surface area contributed by atoms with Crippen LogP contribution in [0, 0.1) is 11.6 Å². The van der Waals surface area contributed by atoms with Crippen LogP contribution in [0.2, 0.25) is 0 Å². The molecule has 0 aromatic heterocycles. The summed E-state index contributed by atoms with van der Waals surface area (Å²) in [4.78, 5) is 11.2. The van der Waals surface area contributed by atoms with Crippen molar-refractivity contribution in [3.8, 4) is 5.75 Å². The van der Waals surface area contributed by atoms with E-state index in [1.54, 1.807) is 0 Å². The molecule has 82 valence electrons. The number of halogens is 2. The van der Waals surface area contributed by atoms with Crippen molar-refractivity contribution in [2.45, 2.75) is 0 Å². The molecule has 15 heavy (non-hydrogen) atoms. The van der Waals surface area contributed by atoms with Crippen LogP contribution in [0.25, 0.3) is 0 Å².